The smallest absolute Gasteiger partial charge is 0.269 e. The number of nitro groups is 1. The highest BCUT2D eigenvalue weighted by atomic mass is 32.2. The van der Waals surface area contributed by atoms with Gasteiger partial charge in [-0.05, 0) is 19.1 Å². The first kappa shape index (κ1) is 15.6. The molecule has 0 amide bonds. The van der Waals surface area contributed by atoms with Gasteiger partial charge >= 0.3 is 0 Å². The van der Waals surface area contributed by atoms with E-state index in [9.17, 15) is 14.3 Å². The number of nitrogens with one attached hydrogen (secondary N) is 1. The van der Waals surface area contributed by atoms with Crippen LogP contribution in [0.3, 0.4) is 0 Å². The first-order valence-corrected chi connectivity index (χ1v) is 7.62. The molecule has 0 spiro atoms. The van der Waals surface area contributed by atoms with Gasteiger partial charge in [0.25, 0.3) is 5.69 Å². The topological polar surface area (TPSA) is 81.5 Å². The van der Waals surface area contributed by atoms with Gasteiger partial charge in [0.2, 0.25) is 0 Å². The Hall–Kier alpha value is -1.47. The lowest BCUT2D eigenvalue weighted by molar-refractivity contribution is -0.384. The summed E-state index contributed by atoms with van der Waals surface area (Å²) in [6, 6.07) is 6.13. The van der Waals surface area contributed by atoms with Crippen molar-refractivity contribution in [3.63, 3.8) is 0 Å². The van der Waals surface area contributed by atoms with Crippen LogP contribution in [0, 0.1) is 10.1 Å². The molecule has 0 aliphatic heterocycles. The van der Waals surface area contributed by atoms with Crippen LogP contribution in [0.5, 0.6) is 5.75 Å². The highest BCUT2D eigenvalue weighted by Crippen LogP contribution is 2.16. The fourth-order valence-electron chi connectivity index (χ4n) is 1.55. The van der Waals surface area contributed by atoms with Crippen LogP contribution in [0.4, 0.5) is 5.69 Å². The van der Waals surface area contributed by atoms with Gasteiger partial charge in [-0.1, -0.05) is 0 Å². The van der Waals surface area contributed by atoms with Crippen LogP contribution in [-0.4, -0.2) is 40.3 Å². The molecule has 7 heteroatoms. The van der Waals surface area contributed by atoms with Gasteiger partial charge in [-0.2, -0.15) is 0 Å². The third-order valence-corrected chi connectivity index (χ3v) is 3.37. The SMILES string of the molecule is CC(CS(C)=O)NCCOc1ccc([N+](=O)[O-])cc1. The van der Waals surface area contributed by atoms with Gasteiger partial charge in [-0.15, -0.1) is 0 Å². The van der Waals surface area contributed by atoms with E-state index < -0.39 is 15.7 Å². The number of ether oxygens (including phenoxy) is 1. The van der Waals surface area contributed by atoms with Crippen molar-refractivity contribution in [3.05, 3.63) is 34.4 Å². The Morgan fingerprint density at radius 3 is 2.58 bits per heavy atom. The standard InChI is InChI=1S/C12H18N2O4S/c1-10(9-19(2)17)13-7-8-18-12-5-3-11(4-6-12)14(15)16/h3-6,10,13H,7-9H2,1-2H3. The molecule has 19 heavy (non-hydrogen) atoms. The minimum atomic E-state index is -0.811. The molecule has 0 saturated carbocycles. The highest BCUT2D eigenvalue weighted by molar-refractivity contribution is 7.84. The van der Waals surface area contributed by atoms with E-state index in [0.29, 0.717) is 24.7 Å². The van der Waals surface area contributed by atoms with Crippen LogP contribution in [-0.2, 0) is 10.8 Å². The van der Waals surface area contributed by atoms with Crippen LogP contribution in [0.1, 0.15) is 6.92 Å². The minimum Gasteiger partial charge on any atom is -0.492 e. The predicted molar refractivity (Wildman–Crippen MR) is 75.0 cm³/mol. The zero-order valence-electron chi connectivity index (χ0n) is 11.0. The van der Waals surface area contributed by atoms with Crippen molar-refractivity contribution in [2.45, 2.75) is 13.0 Å². The fraction of sp³-hybridized carbons (Fsp3) is 0.500. The molecule has 2 unspecified atom stereocenters. The Balaban J connectivity index is 2.26. The second kappa shape index (κ2) is 7.85. The zero-order chi connectivity index (χ0) is 14.3. The molecule has 1 aromatic carbocycles. The Bertz CT molecular complexity index is 436. The number of nitro benzene ring substituents is 1. The van der Waals surface area contributed by atoms with Crippen molar-refractivity contribution in [3.8, 4) is 5.75 Å². The van der Waals surface area contributed by atoms with Crippen LogP contribution in [0.2, 0.25) is 0 Å². The quantitative estimate of drug-likeness (QED) is 0.443. The van der Waals surface area contributed by atoms with E-state index in [-0.39, 0.29) is 11.7 Å². The molecular formula is C12H18N2O4S. The lowest BCUT2D eigenvalue weighted by Crippen LogP contribution is -2.34. The predicted octanol–water partition coefficient (Wildman–Crippen LogP) is 1.33. The van der Waals surface area contributed by atoms with Crippen molar-refractivity contribution in [2.75, 3.05) is 25.2 Å². The Morgan fingerprint density at radius 1 is 1.42 bits per heavy atom. The maximum absolute atomic E-state index is 11.0. The zero-order valence-corrected chi connectivity index (χ0v) is 11.8. The largest absolute Gasteiger partial charge is 0.492 e. The van der Waals surface area contributed by atoms with Gasteiger partial charge in [-0.25, -0.2) is 0 Å². The summed E-state index contributed by atoms with van der Waals surface area (Å²) in [4.78, 5) is 10.0. The van der Waals surface area contributed by atoms with Crippen molar-refractivity contribution >= 4 is 16.5 Å². The van der Waals surface area contributed by atoms with Gasteiger partial charge in [0.05, 0.1) is 4.92 Å². The van der Waals surface area contributed by atoms with Crippen molar-refractivity contribution in [1.29, 1.82) is 0 Å². The Labute approximate surface area is 114 Å². The van der Waals surface area contributed by atoms with Crippen LogP contribution < -0.4 is 10.1 Å². The number of non-ortho nitro benzene ring substituents is 1. The number of hydrogen-bond acceptors (Lipinski definition) is 5. The van der Waals surface area contributed by atoms with E-state index in [1.54, 1.807) is 18.4 Å². The summed E-state index contributed by atoms with van der Waals surface area (Å²) in [5, 5.41) is 13.7. The van der Waals surface area contributed by atoms with Crippen molar-refractivity contribution in [2.24, 2.45) is 0 Å². The molecule has 1 rings (SSSR count). The fourth-order valence-corrected chi connectivity index (χ4v) is 2.37. The summed E-state index contributed by atoms with van der Waals surface area (Å²) in [6.45, 7) is 3.06. The van der Waals surface area contributed by atoms with Gasteiger partial charge in [0.15, 0.2) is 0 Å². The summed E-state index contributed by atoms with van der Waals surface area (Å²) < 4.78 is 16.4. The first-order valence-electron chi connectivity index (χ1n) is 5.89. The number of hydrogen-bond donors (Lipinski definition) is 1. The van der Waals surface area contributed by atoms with E-state index >= 15 is 0 Å². The molecule has 1 aromatic rings. The minimum absolute atomic E-state index is 0.0459. The molecule has 0 saturated heterocycles. The monoisotopic (exact) mass is 286 g/mol. The van der Waals surface area contributed by atoms with Crippen LogP contribution >= 0.6 is 0 Å². The summed E-state index contributed by atoms with van der Waals surface area (Å²) in [6.07, 6.45) is 1.67. The number of benzene rings is 1. The molecule has 1 N–H and O–H groups in total. The molecule has 6 nitrogen and oxygen atoms in total. The second-order valence-electron chi connectivity index (χ2n) is 4.19. The molecule has 106 valence electrons. The lowest BCUT2D eigenvalue weighted by Gasteiger charge is -2.12. The first-order chi connectivity index (χ1) is 8.99. The maximum Gasteiger partial charge on any atom is 0.269 e. The summed E-state index contributed by atoms with van der Waals surface area (Å²) in [5.74, 6) is 1.21. The molecule has 0 radical (unpaired) electrons. The van der Waals surface area contributed by atoms with Gasteiger partial charge in [-0.3, -0.25) is 14.3 Å². The van der Waals surface area contributed by atoms with E-state index in [0.717, 1.165) is 0 Å². The van der Waals surface area contributed by atoms with Gasteiger partial charge in [0.1, 0.15) is 12.4 Å². The summed E-state index contributed by atoms with van der Waals surface area (Å²) in [5.41, 5.74) is 0.0459. The average Bonchev–Trinajstić information content (AvgIpc) is 2.34. The normalized spacial score (nSPS) is 13.8. The summed E-state index contributed by atoms with van der Waals surface area (Å²) in [7, 11) is -0.811. The Morgan fingerprint density at radius 2 is 2.05 bits per heavy atom. The van der Waals surface area contributed by atoms with Crippen molar-refractivity contribution < 1.29 is 13.9 Å². The summed E-state index contributed by atoms with van der Waals surface area (Å²) >= 11 is 0. The second-order valence-corrected chi connectivity index (χ2v) is 5.67. The third-order valence-electron chi connectivity index (χ3n) is 2.40. The highest BCUT2D eigenvalue weighted by Gasteiger charge is 2.05. The van der Waals surface area contributed by atoms with Crippen LogP contribution in [0.25, 0.3) is 0 Å². The molecule has 0 aromatic heterocycles. The molecule has 0 heterocycles. The van der Waals surface area contributed by atoms with Crippen LogP contribution in [0.15, 0.2) is 24.3 Å². The maximum atomic E-state index is 11.0. The van der Waals surface area contributed by atoms with E-state index in [1.165, 1.54) is 12.1 Å². The average molecular weight is 286 g/mol. The number of nitrogens with zero attached hydrogens (tertiary/aromatic N) is 1. The molecule has 0 fully saturated rings. The van der Waals surface area contributed by atoms with Gasteiger partial charge in [0, 0.05) is 47.5 Å². The third kappa shape index (κ3) is 6.30. The van der Waals surface area contributed by atoms with E-state index in [1.807, 2.05) is 6.92 Å². The number of rotatable bonds is 8. The lowest BCUT2D eigenvalue weighted by atomic mass is 10.3. The molecule has 0 aliphatic rings. The molecule has 0 aliphatic carbocycles. The van der Waals surface area contributed by atoms with Crippen molar-refractivity contribution in [1.82, 2.24) is 5.32 Å². The molecule has 2 atom stereocenters. The molecule has 0 bridgehead atoms. The molecular weight excluding hydrogens is 268 g/mol. The van der Waals surface area contributed by atoms with E-state index in [4.69, 9.17) is 4.74 Å². The van der Waals surface area contributed by atoms with Gasteiger partial charge < -0.3 is 10.1 Å². The Kier molecular flexibility index (Phi) is 6.44. The van der Waals surface area contributed by atoms with E-state index in [2.05, 4.69) is 5.32 Å².